The summed E-state index contributed by atoms with van der Waals surface area (Å²) in [5, 5.41) is 13.9. The van der Waals surface area contributed by atoms with E-state index in [0.717, 1.165) is 11.3 Å². The molecule has 0 spiro atoms. The Balaban J connectivity index is 1.42. The number of amides is 2. The van der Waals surface area contributed by atoms with Crippen molar-refractivity contribution in [1.82, 2.24) is 5.32 Å². The summed E-state index contributed by atoms with van der Waals surface area (Å²) in [6.45, 7) is 4.88. The van der Waals surface area contributed by atoms with E-state index in [1.54, 1.807) is 4.90 Å². The first kappa shape index (κ1) is 19.5. The number of carbonyl (C=O) groups excluding carboxylic acids is 2. The van der Waals surface area contributed by atoms with Crippen LogP contribution in [0.1, 0.15) is 29.5 Å². The van der Waals surface area contributed by atoms with Crippen molar-refractivity contribution < 1.29 is 19.4 Å². The second-order valence-corrected chi connectivity index (χ2v) is 8.02. The van der Waals surface area contributed by atoms with Gasteiger partial charge in [0, 0.05) is 30.6 Å². The molecule has 152 valence electrons. The number of carbonyl (C=O) groups is 2. The Morgan fingerprint density at radius 2 is 2.03 bits per heavy atom. The highest BCUT2D eigenvalue weighted by Crippen LogP contribution is 2.36. The first-order valence-corrected chi connectivity index (χ1v) is 9.97. The minimum atomic E-state index is -1.17. The van der Waals surface area contributed by atoms with Crippen LogP contribution in [0.5, 0.6) is 5.75 Å². The predicted octanol–water partition coefficient (Wildman–Crippen LogP) is 2.44. The molecule has 0 saturated carbocycles. The van der Waals surface area contributed by atoms with E-state index in [-0.39, 0.29) is 24.8 Å². The van der Waals surface area contributed by atoms with Gasteiger partial charge in [0.2, 0.25) is 11.8 Å². The minimum absolute atomic E-state index is 0.0523. The lowest BCUT2D eigenvalue weighted by atomic mass is 9.88. The molecule has 1 fully saturated rings. The summed E-state index contributed by atoms with van der Waals surface area (Å²) in [6.07, 6.45) is 0.583. The molecule has 0 radical (unpaired) electrons. The van der Waals surface area contributed by atoms with E-state index in [2.05, 4.69) is 5.32 Å². The third kappa shape index (κ3) is 3.72. The van der Waals surface area contributed by atoms with Gasteiger partial charge in [0.05, 0.1) is 19.1 Å². The second-order valence-electron chi connectivity index (χ2n) is 8.02. The summed E-state index contributed by atoms with van der Waals surface area (Å²) in [5.74, 6) is -0.0409. The quantitative estimate of drug-likeness (QED) is 0.835. The number of aliphatic hydroxyl groups is 1. The molecule has 2 aliphatic rings. The van der Waals surface area contributed by atoms with Crippen LogP contribution in [0.2, 0.25) is 0 Å². The number of benzene rings is 2. The molecule has 4 rings (SSSR count). The summed E-state index contributed by atoms with van der Waals surface area (Å²) in [4.78, 5) is 26.9. The van der Waals surface area contributed by atoms with Crippen LogP contribution in [0.4, 0.5) is 5.69 Å². The average molecular weight is 394 g/mol. The van der Waals surface area contributed by atoms with Gasteiger partial charge in [-0.15, -0.1) is 0 Å². The fourth-order valence-corrected chi connectivity index (χ4v) is 4.03. The number of para-hydroxylation sites is 1. The summed E-state index contributed by atoms with van der Waals surface area (Å²) in [7, 11) is 0. The fourth-order valence-electron chi connectivity index (χ4n) is 4.03. The number of fused-ring (bicyclic) bond motifs is 1. The topological polar surface area (TPSA) is 78.9 Å². The summed E-state index contributed by atoms with van der Waals surface area (Å²) in [6, 6.07) is 13.2. The van der Waals surface area contributed by atoms with Crippen LogP contribution in [-0.4, -0.2) is 36.6 Å². The van der Waals surface area contributed by atoms with E-state index < -0.39 is 11.5 Å². The molecule has 6 nitrogen and oxygen atoms in total. The van der Waals surface area contributed by atoms with Crippen molar-refractivity contribution in [1.29, 1.82) is 0 Å². The molecule has 6 heteroatoms. The molecule has 0 unspecified atom stereocenters. The SMILES string of the molecule is Cc1ccc(N2C[C@@H](C(=O)NC[C@@]3(O)CCOc4ccccc43)CC2=O)cc1C. The van der Waals surface area contributed by atoms with Crippen LogP contribution in [0.3, 0.4) is 0 Å². The lowest BCUT2D eigenvalue weighted by Crippen LogP contribution is -2.45. The molecule has 2 aliphatic heterocycles. The van der Waals surface area contributed by atoms with Crippen LogP contribution >= 0.6 is 0 Å². The zero-order valence-electron chi connectivity index (χ0n) is 16.8. The Morgan fingerprint density at radius 1 is 1.24 bits per heavy atom. The van der Waals surface area contributed by atoms with E-state index in [1.807, 2.05) is 56.3 Å². The number of rotatable bonds is 4. The maximum atomic E-state index is 12.8. The molecule has 0 bridgehead atoms. The van der Waals surface area contributed by atoms with Gasteiger partial charge in [0.25, 0.3) is 0 Å². The van der Waals surface area contributed by atoms with Crippen LogP contribution < -0.4 is 15.0 Å². The molecular formula is C23H26N2O4. The number of ether oxygens (including phenoxy) is 1. The van der Waals surface area contributed by atoms with Gasteiger partial charge < -0.3 is 20.1 Å². The third-order valence-corrected chi connectivity index (χ3v) is 6.01. The molecule has 2 amide bonds. The third-order valence-electron chi connectivity index (χ3n) is 6.01. The van der Waals surface area contributed by atoms with Crippen molar-refractivity contribution in [2.24, 2.45) is 5.92 Å². The molecule has 1 saturated heterocycles. The lowest BCUT2D eigenvalue weighted by molar-refractivity contribution is -0.127. The van der Waals surface area contributed by atoms with Crippen LogP contribution in [-0.2, 0) is 15.2 Å². The maximum Gasteiger partial charge on any atom is 0.227 e. The van der Waals surface area contributed by atoms with Gasteiger partial charge in [-0.2, -0.15) is 0 Å². The van der Waals surface area contributed by atoms with Gasteiger partial charge in [-0.1, -0.05) is 24.3 Å². The van der Waals surface area contributed by atoms with E-state index in [0.29, 0.717) is 30.9 Å². The molecule has 29 heavy (non-hydrogen) atoms. The number of anilines is 1. The van der Waals surface area contributed by atoms with Crippen LogP contribution in [0, 0.1) is 19.8 Å². The second kappa shape index (κ2) is 7.52. The first-order chi connectivity index (χ1) is 13.9. The Kier molecular flexibility index (Phi) is 5.04. The normalized spacial score (nSPS) is 23.5. The molecule has 2 heterocycles. The van der Waals surface area contributed by atoms with Gasteiger partial charge in [-0.05, 0) is 43.2 Å². The summed E-state index contributed by atoms with van der Waals surface area (Å²) >= 11 is 0. The Morgan fingerprint density at radius 3 is 2.83 bits per heavy atom. The number of hydrogen-bond donors (Lipinski definition) is 2. The predicted molar refractivity (Wildman–Crippen MR) is 110 cm³/mol. The number of nitrogens with one attached hydrogen (secondary N) is 1. The molecule has 2 aromatic carbocycles. The van der Waals surface area contributed by atoms with Gasteiger partial charge in [-0.3, -0.25) is 9.59 Å². The Labute approximate surface area is 170 Å². The smallest absolute Gasteiger partial charge is 0.227 e. The fraction of sp³-hybridized carbons (Fsp3) is 0.391. The van der Waals surface area contributed by atoms with Crippen molar-refractivity contribution in [3.05, 3.63) is 59.2 Å². The highest BCUT2D eigenvalue weighted by atomic mass is 16.5. The van der Waals surface area contributed by atoms with Crippen LogP contribution in [0.25, 0.3) is 0 Å². The lowest BCUT2D eigenvalue weighted by Gasteiger charge is -2.34. The maximum absolute atomic E-state index is 12.8. The van der Waals surface area contributed by atoms with Crippen molar-refractivity contribution in [2.45, 2.75) is 32.3 Å². The largest absolute Gasteiger partial charge is 0.493 e. The van der Waals surface area contributed by atoms with Crippen molar-refractivity contribution in [3.63, 3.8) is 0 Å². The van der Waals surface area contributed by atoms with E-state index in [9.17, 15) is 14.7 Å². The first-order valence-electron chi connectivity index (χ1n) is 9.97. The monoisotopic (exact) mass is 394 g/mol. The number of hydrogen-bond acceptors (Lipinski definition) is 4. The van der Waals surface area contributed by atoms with E-state index >= 15 is 0 Å². The van der Waals surface area contributed by atoms with Crippen molar-refractivity contribution >= 4 is 17.5 Å². The molecular weight excluding hydrogens is 368 g/mol. The van der Waals surface area contributed by atoms with E-state index in [4.69, 9.17) is 4.74 Å². The van der Waals surface area contributed by atoms with Crippen LogP contribution in [0.15, 0.2) is 42.5 Å². The molecule has 2 atom stereocenters. The van der Waals surface area contributed by atoms with Crippen molar-refractivity contribution in [2.75, 3.05) is 24.6 Å². The minimum Gasteiger partial charge on any atom is -0.493 e. The van der Waals surface area contributed by atoms with Gasteiger partial charge in [0.15, 0.2) is 0 Å². The molecule has 0 aromatic heterocycles. The number of nitrogens with zero attached hydrogens (tertiary/aromatic N) is 1. The van der Waals surface area contributed by atoms with Gasteiger partial charge in [0.1, 0.15) is 11.4 Å². The molecule has 2 aromatic rings. The molecule has 2 N–H and O–H groups in total. The Bertz CT molecular complexity index is 958. The van der Waals surface area contributed by atoms with Gasteiger partial charge in [-0.25, -0.2) is 0 Å². The summed E-state index contributed by atoms with van der Waals surface area (Å²) < 4.78 is 5.60. The highest BCUT2D eigenvalue weighted by Gasteiger charge is 2.39. The standard InChI is InChI=1S/C23H26N2O4/c1-15-7-8-18(11-16(15)2)25-13-17(12-21(25)26)22(27)24-14-23(28)9-10-29-20-6-4-3-5-19(20)23/h3-8,11,17,28H,9-10,12-14H2,1-2H3,(H,24,27)/t17-,23-/m0/s1. The zero-order chi connectivity index (χ0) is 20.6. The summed E-state index contributed by atoms with van der Waals surface area (Å²) in [5.41, 5.74) is 2.63. The van der Waals surface area contributed by atoms with Crippen molar-refractivity contribution in [3.8, 4) is 5.75 Å². The van der Waals surface area contributed by atoms with E-state index in [1.165, 1.54) is 5.56 Å². The Hall–Kier alpha value is -2.86. The average Bonchev–Trinajstić information content (AvgIpc) is 3.10. The zero-order valence-corrected chi connectivity index (χ0v) is 16.8. The molecule has 0 aliphatic carbocycles. The highest BCUT2D eigenvalue weighted by molar-refractivity contribution is 6.00. The number of aryl methyl sites for hydroxylation is 2. The van der Waals surface area contributed by atoms with Gasteiger partial charge >= 0.3 is 0 Å².